The molecule has 1 fully saturated rings. The number of carbonyl (C=O) groups is 1. The molecule has 7 heteroatoms. The lowest BCUT2D eigenvalue weighted by Gasteiger charge is -2.16. The molecule has 0 spiro atoms. The Labute approximate surface area is 185 Å². The summed E-state index contributed by atoms with van der Waals surface area (Å²) in [5, 5.41) is 7.46. The molecule has 0 aliphatic carbocycles. The Hall–Kier alpha value is -3.71. The molecule has 1 saturated heterocycles. The standard InChI is InChI=1S/C25H24N4O3/c1-17-9-11-18(12-10-17)26-24(30)21-15-28(14-20-8-5-13-32-20)16-22-23(21)27-29(25(22)31)19-6-3-2-4-7-19/h2-4,6-7,9-12,15-16,20H,5,8,13-14H2,1H3,(H,26,30)/t20-/m1/s1. The molecule has 1 amide bonds. The van der Waals surface area contributed by atoms with Crippen molar-refractivity contribution in [2.24, 2.45) is 0 Å². The fourth-order valence-corrected chi connectivity index (χ4v) is 4.03. The number of para-hydroxylation sites is 1. The molecule has 5 rings (SSSR count). The van der Waals surface area contributed by atoms with Crippen molar-refractivity contribution < 1.29 is 9.53 Å². The van der Waals surface area contributed by atoms with Crippen LogP contribution in [0.15, 0.2) is 71.8 Å². The molecule has 0 bridgehead atoms. The van der Waals surface area contributed by atoms with Crippen LogP contribution in [0.4, 0.5) is 5.69 Å². The van der Waals surface area contributed by atoms with E-state index in [1.165, 1.54) is 4.68 Å². The number of ether oxygens (including phenoxy) is 1. The van der Waals surface area contributed by atoms with Gasteiger partial charge < -0.3 is 14.6 Å². The van der Waals surface area contributed by atoms with Crippen LogP contribution in [0.3, 0.4) is 0 Å². The van der Waals surface area contributed by atoms with Gasteiger partial charge in [0.1, 0.15) is 5.69 Å². The van der Waals surface area contributed by atoms with E-state index in [-0.39, 0.29) is 17.6 Å². The SMILES string of the molecule is Cc1ccc(NC(=O)c2cn(C[C@H]3CCCO3)cc3c(=O)n(-c4ccccc4)nc2-3)cc1. The Bertz CT molecular complexity index is 1270. The number of aromatic nitrogens is 3. The Morgan fingerprint density at radius 2 is 1.91 bits per heavy atom. The van der Waals surface area contributed by atoms with E-state index in [0.717, 1.165) is 25.0 Å². The minimum Gasteiger partial charge on any atom is -0.376 e. The highest BCUT2D eigenvalue weighted by molar-refractivity contribution is 6.08. The van der Waals surface area contributed by atoms with E-state index >= 15 is 0 Å². The molecule has 0 saturated carbocycles. The summed E-state index contributed by atoms with van der Waals surface area (Å²) in [7, 11) is 0. The number of hydrogen-bond acceptors (Lipinski definition) is 4. The largest absolute Gasteiger partial charge is 0.376 e. The minimum absolute atomic E-state index is 0.0738. The number of aryl methyl sites for hydroxylation is 1. The molecule has 7 nitrogen and oxygen atoms in total. The molecule has 3 aliphatic heterocycles. The Morgan fingerprint density at radius 1 is 1.12 bits per heavy atom. The van der Waals surface area contributed by atoms with Crippen molar-refractivity contribution in [3.63, 3.8) is 0 Å². The fraction of sp³-hybridized carbons (Fsp3) is 0.240. The molecular weight excluding hydrogens is 404 g/mol. The number of fused-ring (bicyclic) bond motifs is 1. The molecule has 0 radical (unpaired) electrons. The Balaban J connectivity index is 1.59. The maximum absolute atomic E-state index is 13.3. The molecule has 1 N–H and O–H groups in total. The van der Waals surface area contributed by atoms with E-state index in [1.807, 2.05) is 66.1 Å². The average Bonchev–Trinajstić information content (AvgIpc) is 3.43. The average molecular weight is 428 g/mol. The maximum atomic E-state index is 13.3. The molecule has 0 aromatic heterocycles. The first-order valence-corrected chi connectivity index (χ1v) is 10.8. The zero-order chi connectivity index (χ0) is 22.1. The van der Waals surface area contributed by atoms with Crippen LogP contribution in [-0.4, -0.2) is 33.0 Å². The number of amides is 1. The molecule has 3 aliphatic rings. The third-order valence-corrected chi connectivity index (χ3v) is 5.72. The molecule has 32 heavy (non-hydrogen) atoms. The lowest BCUT2D eigenvalue weighted by Crippen LogP contribution is -2.20. The molecular formula is C25H24N4O3. The molecule has 0 unspecified atom stereocenters. The summed E-state index contributed by atoms with van der Waals surface area (Å²) in [5.74, 6) is -0.307. The quantitative estimate of drug-likeness (QED) is 0.523. The molecule has 1 atom stereocenters. The Morgan fingerprint density at radius 3 is 2.62 bits per heavy atom. The first-order chi connectivity index (χ1) is 15.6. The summed E-state index contributed by atoms with van der Waals surface area (Å²) in [5.41, 5.74) is 3.34. The number of nitrogens with one attached hydrogen (secondary N) is 1. The fourth-order valence-electron chi connectivity index (χ4n) is 4.03. The molecule has 2 aromatic carbocycles. The smallest absolute Gasteiger partial charge is 0.282 e. The highest BCUT2D eigenvalue weighted by atomic mass is 16.5. The van der Waals surface area contributed by atoms with Crippen LogP contribution in [0.5, 0.6) is 0 Å². The van der Waals surface area contributed by atoms with Crippen molar-refractivity contribution in [1.29, 1.82) is 0 Å². The zero-order valence-corrected chi connectivity index (χ0v) is 17.8. The van der Waals surface area contributed by atoms with Crippen LogP contribution < -0.4 is 10.9 Å². The normalized spacial score (nSPS) is 15.8. The van der Waals surface area contributed by atoms with Gasteiger partial charge in [-0.05, 0) is 44.0 Å². The van der Waals surface area contributed by atoms with E-state index in [2.05, 4.69) is 10.4 Å². The van der Waals surface area contributed by atoms with Gasteiger partial charge in [-0.3, -0.25) is 9.59 Å². The summed E-state index contributed by atoms with van der Waals surface area (Å²) < 4.78 is 8.99. The predicted octanol–water partition coefficient (Wildman–Crippen LogP) is 3.88. The van der Waals surface area contributed by atoms with Gasteiger partial charge in [0.25, 0.3) is 11.5 Å². The van der Waals surface area contributed by atoms with Gasteiger partial charge in [0, 0.05) is 31.2 Å². The molecule has 162 valence electrons. The number of nitrogens with zero attached hydrogens (tertiary/aromatic N) is 3. The van der Waals surface area contributed by atoms with Crippen molar-refractivity contribution in [3.8, 4) is 16.9 Å². The van der Waals surface area contributed by atoms with Gasteiger partial charge in [0.15, 0.2) is 0 Å². The van der Waals surface area contributed by atoms with Crippen LogP contribution in [-0.2, 0) is 11.3 Å². The highest BCUT2D eigenvalue weighted by Crippen LogP contribution is 2.25. The number of anilines is 1. The van der Waals surface area contributed by atoms with Crippen molar-refractivity contribution >= 4 is 11.6 Å². The van der Waals surface area contributed by atoms with E-state index in [9.17, 15) is 9.59 Å². The number of hydrogen-bond donors (Lipinski definition) is 1. The summed E-state index contributed by atoms with van der Waals surface area (Å²) in [4.78, 5) is 26.5. The second-order valence-electron chi connectivity index (χ2n) is 8.14. The summed E-state index contributed by atoms with van der Waals surface area (Å²) >= 11 is 0. The van der Waals surface area contributed by atoms with E-state index in [0.29, 0.717) is 34.7 Å². The number of carbonyl (C=O) groups excluding carboxylic acids is 1. The predicted molar refractivity (Wildman–Crippen MR) is 123 cm³/mol. The summed E-state index contributed by atoms with van der Waals surface area (Å²) in [6.45, 7) is 3.32. The van der Waals surface area contributed by atoms with Gasteiger partial charge in [-0.1, -0.05) is 35.9 Å². The topological polar surface area (TPSA) is 78.2 Å². The lowest BCUT2D eigenvalue weighted by molar-refractivity contribution is 0.0961. The van der Waals surface area contributed by atoms with Crippen LogP contribution in [0.25, 0.3) is 16.9 Å². The van der Waals surface area contributed by atoms with Gasteiger partial charge in [-0.25, -0.2) is 0 Å². The van der Waals surface area contributed by atoms with E-state index in [1.54, 1.807) is 12.4 Å². The van der Waals surface area contributed by atoms with Crippen molar-refractivity contribution in [3.05, 3.63) is 88.5 Å². The van der Waals surface area contributed by atoms with E-state index in [4.69, 9.17) is 4.74 Å². The lowest BCUT2D eigenvalue weighted by atomic mass is 10.1. The molecule has 3 heterocycles. The van der Waals surface area contributed by atoms with Crippen LogP contribution in [0.1, 0.15) is 28.8 Å². The van der Waals surface area contributed by atoms with Crippen LogP contribution in [0.2, 0.25) is 0 Å². The monoisotopic (exact) mass is 428 g/mol. The van der Waals surface area contributed by atoms with Crippen LogP contribution >= 0.6 is 0 Å². The van der Waals surface area contributed by atoms with Gasteiger partial charge >= 0.3 is 0 Å². The minimum atomic E-state index is -0.307. The van der Waals surface area contributed by atoms with Gasteiger partial charge in [0.05, 0.1) is 22.9 Å². The molecule has 2 aromatic rings. The first kappa shape index (κ1) is 20.2. The first-order valence-electron chi connectivity index (χ1n) is 10.8. The zero-order valence-electron chi connectivity index (χ0n) is 17.8. The summed E-state index contributed by atoms with van der Waals surface area (Å²) in [6.07, 6.45) is 5.59. The number of pyridine rings is 1. The Kier molecular flexibility index (Phi) is 5.33. The number of benzene rings is 2. The summed E-state index contributed by atoms with van der Waals surface area (Å²) in [6, 6.07) is 16.8. The third kappa shape index (κ3) is 3.94. The van der Waals surface area contributed by atoms with Crippen molar-refractivity contribution in [1.82, 2.24) is 14.3 Å². The van der Waals surface area contributed by atoms with Crippen molar-refractivity contribution in [2.45, 2.75) is 32.4 Å². The second-order valence-corrected chi connectivity index (χ2v) is 8.14. The van der Waals surface area contributed by atoms with Crippen molar-refractivity contribution in [2.75, 3.05) is 11.9 Å². The highest BCUT2D eigenvalue weighted by Gasteiger charge is 2.26. The third-order valence-electron chi connectivity index (χ3n) is 5.72. The van der Waals surface area contributed by atoms with Gasteiger partial charge in [-0.2, -0.15) is 9.78 Å². The second kappa shape index (κ2) is 8.43. The van der Waals surface area contributed by atoms with Gasteiger partial charge in [-0.15, -0.1) is 0 Å². The van der Waals surface area contributed by atoms with Crippen LogP contribution in [0, 0.1) is 6.92 Å². The van der Waals surface area contributed by atoms with E-state index < -0.39 is 0 Å². The maximum Gasteiger partial charge on any atom is 0.282 e. The van der Waals surface area contributed by atoms with Gasteiger partial charge in [0.2, 0.25) is 0 Å². The number of rotatable bonds is 5.